The number of hydrogen-bond donors (Lipinski definition) is 0. The second kappa shape index (κ2) is 9.79. The molecule has 0 fully saturated rings. The van der Waals surface area contributed by atoms with Crippen LogP contribution >= 0.6 is 0 Å². The SMILES string of the molecule is c1ccc(-c2ccc(-n3c4cnccc4c4ccc5ccn(-c6ccc(-c7cccc8ccccc78)cc6)c5c43)cn2)cc1. The van der Waals surface area contributed by atoms with Crippen molar-refractivity contribution >= 4 is 43.5 Å². The van der Waals surface area contributed by atoms with Gasteiger partial charge in [-0.15, -0.1) is 0 Å². The second-order valence-corrected chi connectivity index (χ2v) is 11.2. The number of benzene rings is 5. The highest BCUT2D eigenvalue weighted by Gasteiger charge is 2.18. The Bertz CT molecular complexity index is 2460. The van der Waals surface area contributed by atoms with E-state index in [9.17, 15) is 0 Å². The Hall–Kier alpha value is -6.00. The Kier molecular flexibility index (Phi) is 5.47. The average molecular weight is 563 g/mol. The van der Waals surface area contributed by atoms with E-state index in [2.05, 4.69) is 136 Å². The fraction of sp³-hybridized carbons (Fsp3) is 0. The first-order valence-corrected chi connectivity index (χ1v) is 14.8. The number of rotatable bonds is 4. The predicted octanol–water partition coefficient (Wildman–Crippen LogP) is 10.0. The van der Waals surface area contributed by atoms with Crippen molar-refractivity contribution in [3.05, 3.63) is 158 Å². The summed E-state index contributed by atoms with van der Waals surface area (Å²) in [5.74, 6) is 0. The third kappa shape index (κ3) is 3.78. The van der Waals surface area contributed by atoms with Gasteiger partial charge in [-0.25, -0.2) is 0 Å². The molecule has 0 saturated heterocycles. The Morgan fingerprint density at radius 1 is 0.477 bits per heavy atom. The molecule has 4 nitrogen and oxygen atoms in total. The summed E-state index contributed by atoms with van der Waals surface area (Å²) >= 11 is 0. The van der Waals surface area contributed by atoms with E-state index in [1.807, 2.05) is 36.8 Å². The van der Waals surface area contributed by atoms with Crippen LogP contribution in [0.4, 0.5) is 0 Å². The van der Waals surface area contributed by atoms with E-state index in [1.54, 1.807) is 0 Å². The van der Waals surface area contributed by atoms with Gasteiger partial charge in [-0.3, -0.25) is 9.97 Å². The first-order valence-electron chi connectivity index (χ1n) is 14.8. The van der Waals surface area contributed by atoms with Gasteiger partial charge in [0.1, 0.15) is 0 Å². The molecule has 0 saturated carbocycles. The van der Waals surface area contributed by atoms with Crippen molar-refractivity contribution in [2.75, 3.05) is 0 Å². The normalized spacial score (nSPS) is 11.6. The Balaban J connectivity index is 1.24. The molecule has 44 heavy (non-hydrogen) atoms. The van der Waals surface area contributed by atoms with Gasteiger partial charge in [0.05, 0.1) is 40.3 Å². The highest BCUT2D eigenvalue weighted by Crippen LogP contribution is 2.38. The minimum Gasteiger partial charge on any atom is -0.315 e. The van der Waals surface area contributed by atoms with Crippen molar-refractivity contribution < 1.29 is 0 Å². The minimum absolute atomic E-state index is 0.952. The van der Waals surface area contributed by atoms with E-state index < -0.39 is 0 Å². The first-order chi connectivity index (χ1) is 21.8. The van der Waals surface area contributed by atoms with Crippen LogP contribution in [0, 0.1) is 0 Å². The van der Waals surface area contributed by atoms with Gasteiger partial charge in [0.2, 0.25) is 0 Å². The van der Waals surface area contributed by atoms with E-state index in [4.69, 9.17) is 4.98 Å². The van der Waals surface area contributed by atoms with E-state index >= 15 is 0 Å². The molecule has 4 aromatic heterocycles. The van der Waals surface area contributed by atoms with Gasteiger partial charge < -0.3 is 9.13 Å². The smallest absolute Gasteiger partial charge is 0.0789 e. The molecule has 4 heteroatoms. The standard InChI is InChI=1S/C40H26N4/c1-2-8-29(9-3-1)37-20-18-32(25-42-37)44-38-26-41-23-21-35(38)36-19-15-30-22-24-43(39(30)40(36)44)31-16-13-28(14-17-31)34-12-6-10-27-7-4-5-11-33(27)34/h1-26H. The van der Waals surface area contributed by atoms with Gasteiger partial charge >= 0.3 is 0 Å². The number of pyridine rings is 2. The zero-order valence-electron chi connectivity index (χ0n) is 23.8. The lowest BCUT2D eigenvalue weighted by Crippen LogP contribution is -1.99. The fourth-order valence-corrected chi connectivity index (χ4v) is 6.63. The zero-order valence-corrected chi connectivity index (χ0v) is 23.8. The van der Waals surface area contributed by atoms with Gasteiger partial charge in [0.15, 0.2) is 0 Å². The maximum Gasteiger partial charge on any atom is 0.0789 e. The van der Waals surface area contributed by atoms with Crippen molar-refractivity contribution in [3.8, 4) is 33.8 Å². The van der Waals surface area contributed by atoms with Crippen LogP contribution in [0.1, 0.15) is 0 Å². The van der Waals surface area contributed by atoms with Crippen LogP contribution in [-0.4, -0.2) is 19.1 Å². The summed E-state index contributed by atoms with van der Waals surface area (Å²) < 4.78 is 4.61. The van der Waals surface area contributed by atoms with Gasteiger partial charge in [-0.05, 0) is 58.3 Å². The zero-order chi connectivity index (χ0) is 29.0. The minimum atomic E-state index is 0.952. The largest absolute Gasteiger partial charge is 0.315 e. The molecule has 9 aromatic rings. The van der Waals surface area contributed by atoms with E-state index in [1.165, 1.54) is 38.1 Å². The van der Waals surface area contributed by atoms with Crippen LogP contribution in [0.5, 0.6) is 0 Å². The average Bonchev–Trinajstić information content (AvgIpc) is 3.68. The fourth-order valence-electron chi connectivity index (χ4n) is 6.63. The maximum absolute atomic E-state index is 4.88. The third-order valence-electron chi connectivity index (χ3n) is 8.70. The number of fused-ring (bicyclic) bond motifs is 6. The van der Waals surface area contributed by atoms with Gasteiger partial charge in [-0.1, -0.05) is 97.1 Å². The summed E-state index contributed by atoms with van der Waals surface area (Å²) in [5.41, 5.74) is 9.98. The van der Waals surface area contributed by atoms with Crippen LogP contribution < -0.4 is 0 Å². The van der Waals surface area contributed by atoms with Crippen molar-refractivity contribution in [1.29, 1.82) is 0 Å². The molecule has 9 rings (SSSR count). The molecule has 0 unspecified atom stereocenters. The number of hydrogen-bond acceptors (Lipinski definition) is 2. The molecular weight excluding hydrogens is 536 g/mol. The Morgan fingerprint density at radius 2 is 1.30 bits per heavy atom. The third-order valence-corrected chi connectivity index (χ3v) is 8.70. The van der Waals surface area contributed by atoms with E-state index in [-0.39, 0.29) is 0 Å². The summed E-state index contributed by atoms with van der Waals surface area (Å²) in [6.45, 7) is 0. The molecule has 0 radical (unpaired) electrons. The lowest BCUT2D eigenvalue weighted by molar-refractivity contribution is 1.10. The Labute approximate surface area is 254 Å². The highest BCUT2D eigenvalue weighted by atomic mass is 15.0. The number of aromatic nitrogens is 4. The summed E-state index contributed by atoms with van der Waals surface area (Å²) in [6, 6.07) is 47.3. The molecule has 0 spiro atoms. The molecule has 4 heterocycles. The first kappa shape index (κ1) is 24.6. The molecule has 0 aliphatic carbocycles. The number of nitrogens with zero attached hydrogens (tertiary/aromatic N) is 4. The van der Waals surface area contributed by atoms with Crippen LogP contribution in [0.25, 0.3) is 77.2 Å². The molecule has 0 bridgehead atoms. The van der Waals surface area contributed by atoms with Crippen LogP contribution in [-0.2, 0) is 0 Å². The summed E-state index contributed by atoms with van der Waals surface area (Å²) in [6.07, 6.45) is 7.98. The quantitative estimate of drug-likeness (QED) is 0.214. The van der Waals surface area contributed by atoms with E-state index in [0.717, 1.165) is 39.2 Å². The summed E-state index contributed by atoms with van der Waals surface area (Å²) in [5, 5.41) is 6.06. The van der Waals surface area contributed by atoms with Gasteiger partial charge in [0.25, 0.3) is 0 Å². The van der Waals surface area contributed by atoms with Crippen LogP contribution in [0.2, 0.25) is 0 Å². The molecule has 0 atom stereocenters. The monoisotopic (exact) mass is 562 g/mol. The van der Waals surface area contributed by atoms with Gasteiger partial charge in [0, 0.05) is 39.8 Å². The lowest BCUT2D eigenvalue weighted by atomic mass is 9.98. The van der Waals surface area contributed by atoms with Gasteiger partial charge in [-0.2, -0.15) is 0 Å². The second-order valence-electron chi connectivity index (χ2n) is 11.2. The van der Waals surface area contributed by atoms with Crippen LogP contribution in [0.15, 0.2) is 158 Å². The molecule has 0 aliphatic heterocycles. The van der Waals surface area contributed by atoms with Crippen molar-refractivity contribution in [3.63, 3.8) is 0 Å². The van der Waals surface area contributed by atoms with E-state index in [0.29, 0.717) is 0 Å². The molecule has 206 valence electrons. The predicted molar refractivity (Wildman–Crippen MR) is 182 cm³/mol. The Morgan fingerprint density at radius 3 is 2.16 bits per heavy atom. The molecule has 5 aromatic carbocycles. The summed E-state index contributed by atoms with van der Waals surface area (Å²) in [7, 11) is 0. The lowest BCUT2D eigenvalue weighted by Gasteiger charge is -2.13. The topological polar surface area (TPSA) is 35.6 Å². The van der Waals surface area contributed by atoms with Crippen LogP contribution in [0.3, 0.4) is 0 Å². The van der Waals surface area contributed by atoms with Crippen molar-refractivity contribution in [2.45, 2.75) is 0 Å². The van der Waals surface area contributed by atoms with Crippen molar-refractivity contribution in [2.24, 2.45) is 0 Å². The molecule has 0 N–H and O–H groups in total. The van der Waals surface area contributed by atoms with Crippen molar-refractivity contribution in [1.82, 2.24) is 19.1 Å². The molecular formula is C40H26N4. The summed E-state index contributed by atoms with van der Waals surface area (Å²) in [4.78, 5) is 9.40. The maximum atomic E-state index is 4.88. The molecule has 0 amide bonds. The highest BCUT2D eigenvalue weighted by molar-refractivity contribution is 6.18. The molecule has 0 aliphatic rings.